The molecule has 0 aliphatic carbocycles. The molecule has 5 rings (SSSR count). The minimum absolute atomic E-state index is 0.0355. The molecule has 0 bridgehead atoms. The molecule has 184 valence electrons. The molecule has 10 nitrogen and oxygen atoms in total. The molecule has 0 aliphatic rings. The van der Waals surface area contributed by atoms with E-state index in [1.165, 1.54) is 35.2 Å². The number of aromatic nitrogens is 6. The zero-order chi connectivity index (χ0) is 26.3. The van der Waals surface area contributed by atoms with Crippen LogP contribution in [0.5, 0.6) is 0 Å². The van der Waals surface area contributed by atoms with Gasteiger partial charge in [0, 0.05) is 30.5 Å². The third kappa shape index (κ3) is 4.57. The average molecular weight is 517 g/mol. The molecule has 0 fully saturated rings. The SMILES string of the molecule is Cc1cc(F)c(C#N)cc1Cn1c(Nc2ccc3nn(C)cc3c2)nc(=O)n(-c2cncc(Cl)c2)c1=O. The van der Waals surface area contributed by atoms with E-state index in [0.717, 1.165) is 15.5 Å². The highest BCUT2D eigenvalue weighted by atomic mass is 35.5. The topological polar surface area (TPSA) is 123 Å². The van der Waals surface area contributed by atoms with Crippen LogP contribution in [0.4, 0.5) is 16.0 Å². The van der Waals surface area contributed by atoms with Gasteiger partial charge in [-0.25, -0.2) is 18.5 Å². The predicted octanol–water partition coefficient (Wildman–Crippen LogP) is 3.44. The summed E-state index contributed by atoms with van der Waals surface area (Å²) < 4.78 is 17.9. The molecule has 0 unspecified atom stereocenters. The van der Waals surface area contributed by atoms with Crippen LogP contribution in [0.25, 0.3) is 16.6 Å². The summed E-state index contributed by atoms with van der Waals surface area (Å²) >= 11 is 6.03. The molecule has 5 aromatic rings. The van der Waals surface area contributed by atoms with Crippen LogP contribution >= 0.6 is 11.6 Å². The molecule has 0 aliphatic heterocycles. The number of pyridine rings is 1. The van der Waals surface area contributed by atoms with Crippen molar-refractivity contribution in [1.29, 1.82) is 5.26 Å². The van der Waals surface area contributed by atoms with Crippen LogP contribution in [0.15, 0.2) is 64.6 Å². The summed E-state index contributed by atoms with van der Waals surface area (Å²) in [5.41, 5.74) is 0.769. The van der Waals surface area contributed by atoms with Gasteiger partial charge in [0.25, 0.3) is 0 Å². The van der Waals surface area contributed by atoms with Crippen molar-refractivity contribution in [3.63, 3.8) is 0 Å². The number of nitrogens with one attached hydrogen (secondary N) is 1. The standard InChI is InChI=1S/C25H18ClFN8O2/c1-14-5-21(27)15(9-28)6-16(14)13-34-23(30-19-3-4-22-17(7-19)12-33(2)32-22)31-24(36)35(25(34)37)20-8-18(26)10-29-11-20/h3-8,10-12H,13H2,1-2H3,(H,30,31,36). The third-order valence-electron chi connectivity index (χ3n) is 5.77. The second-order valence-corrected chi connectivity index (χ2v) is 8.79. The molecular formula is C25H18ClFN8O2. The van der Waals surface area contributed by atoms with Crippen molar-refractivity contribution < 1.29 is 4.39 Å². The van der Waals surface area contributed by atoms with Crippen LogP contribution < -0.4 is 16.7 Å². The molecule has 3 heterocycles. The predicted molar refractivity (Wildman–Crippen MR) is 136 cm³/mol. The lowest BCUT2D eigenvalue weighted by atomic mass is 10.0. The molecule has 37 heavy (non-hydrogen) atoms. The third-order valence-corrected chi connectivity index (χ3v) is 5.98. The number of fused-ring (bicyclic) bond motifs is 1. The summed E-state index contributed by atoms with van der Waals surface area (Å²) in [6, 6.07) is 11.2. The Morgan fingerprint density at radius 3 is 2.73 bits per heavy atom. The van der Waals surface area contributed by atoms with Crippen LogP contribution in [0.1, 0.15) is 16.7 Å². The van der Waals surface area contributed by atoms with Crippen molar-refractivity contribution in [3.8, 4) is 11.8 Å². The fourth-order valence-electron chi connectivity index (χ4n) is 3.98. The van der Waals surface area contributed by atoms with Crippen LogP contribution in [-0.4, -0.2) is 28.9 Å². The van der Waals surface area contributed by atoms with E-state index in [0.29, 0.717) is 16.8 Å². The van der Waals surface area contributed by atoms with E-state index in [1.807, 2.05) is 18.3 Å². The Kier molecular flexibility index (Phi) is 6.02. The largest absolute Gasteiger partial charge is 0.359 e. The summed E-state index contributed by atoms with van der Waals surface area (Å²) in [4.78, 5) is 34.8. The van der Waals surface area contributed by atoms with Gasteiger partial charge in [-0.1, -0.05) is 11.6 Å². The minimum Gasteiger partial charge on any atom is -0.325 e. The average Bonchev–Trinajstić information content (AvgIpc) is 3.22. The number of rotatable bonds is 5. The molecule has 0 saturated carbocycles. The van der Waals surface area contributed by atoms with Crippen LogP contribution in [0.2, 0.25) is 5.02 Å². The molecular weight excluding hydrogens is 499 g/mol. The zero-order valence-corrected chi connectivity index (χ0v) is 20.4. The quantitative estimate of drug-likeness (QED) is 0.379. The van der Waals surface area contributed by atoms with E-state index in [-0.39, 0.29) is 28.8 Å². The van der Waals surface area contributed by atoms with E-state index in [9.17, 15) is 19.2 Å². The number of nitriles is 1. The summed E-state index contributed by atoms with van der Waals surface area (Å²) in [7, 11) is 1.80. The van der Waals surface area contributed by atoms with Crippen LogP contribution in [-0.2, 0) is 13.6 Å². The fraction of sp³-hybridized carbons (Fsp3) is 0.120. The Balaban J connectivity index is 1.69. The fourth-order valence-corrected chi connectivity index (χ4v) is 4.14. The lowest BCUT2D eigenvalue weighted by molar-refractivity contribution is 0.617. The van der Waals surface area contributed by atoms with Crippen molar-refractivity contribution in [1.82, 2.24) is 28.9 Å². The number of halogens is 2. The van der Waals surface area contributed by atoms with Gasteiger partial charge in [0.2, 0.25) is 5.95 Å². The first-order valence-electron chi connectivity index (χ1n) is 11.0. The van der Waals surface area contributed by atoms with E-state index in [4.69, 9.17) is 11.6 Å². The number of benzene rings is 2. The summed E-state index contributed by atoms with van der Waals surface area (Å²) in [6.45, 7) is 1.57. The first-order chi connectivity index (χ1) is 17.7. The van der Waals surface area contributed by atoms with Crippen molar-refractivity contribution in [2.45, 2.75) is 13.5 Å². The molecule has 1 N–H and O–H groups in total. The monoisotopic (exact) mass is 516 g/mol. The maximum atomic E-state index is 14.1. The Bertz CT molecular complexity index is 1850. The summed E-state index contributed by atoms with van der Waals surface area (Å²) in [5, 5.41) is 17.8. The van der Waals surface area contributed by atoms with E-state index in [1.54, 1.807) is 30.8 Å². The van der Waals surface area contributed by atoms with E-state index in [2.05, 4.69) is 20.4 Å². The number of aryl methyl sites for hydroxylation is 2. The van der Waals surface area contributed by atoms with Crippen molar-refractivity contribution in [2.75, 3.05) is 5.32 Å². The summed E-state index contributed by atoms with van der Waals surface area (Å²) in [6.07, 6.45) is 4.52. The van der Waals surface area contributed by atoms with Gasteiger partial charge >= 0.3 is 11.4 Å². The Hall–Kier alpha value is -4.82. The molecule has 0 saturated heterocycles. The van der Waals surface area contributed by atoms with Gasteiger partial charge in [-0.2, -0.15) is 15.3 Å². The smallest absolute Gasteiger partial charge is 0.325 e. The van der Waals surface area contributed by atoms with Gasteiger partial charge < -0.3 is 5.32 Å². The highest BCUT2D eigenvalue weighted by Crippen LogP contribution is 2.22. The van der Waals surface area contributed by atoms with Gasteiger partial charge in [-0.15, -0.1) is 0 Å². The Morgan fingerprint density at radius 2 is 1.97 bits per heavy atom. The first kappa shape index (κ1) is 23.9. The number of nitrogens with zero attached hydrogens (tertiary/aromatic N) is 7. The molecule has 3 aromatic heterocycles. The van der Waals surface area contributed by atoms with Crippen molar-refractivity contribution in [2.24, 2.45) is 7.05 Å². The van der Waals surface area contributed by atoms with E-state index >= 15 is 0 Å². The first-order valence-corrected chi connectivity index (χ1v) is 11.4. The van der Waals surface area contributed by atoms with E-state index < -0.39 is 17.2 Å². The molecule has 0 amide bonds. The van der Waals surface area contributed by atoms with Crippen molar-refractivity contribution in [3.05, 3.63) is 103 Å². The van der Waals surface area contributed by atoms with Gasteiger partial charge in [0.05, 0.1) is 34.5 Å². The highest BCUT2D eigenvalue weighted by molar-refractivity contribution is 6.30. The summed E-state index contributed by atoms with van der Waals surface area (Å²) in [5.74, 6) is -0.695. The number of anilines is 2. The second-order valence-electron chi connectivity index (χ2n) is 8.36. The van der Waals surface area contributed by atoms with Gasteiger partial charge in [0.1, 0.15) is 11.9 Å². The molecule has 0 atom stereocenters. The minimum atomic E-state index is -0.844. The van der Waals surface area contributed by atoms with Gasteiger partial charge in [0.15, 0.2) is 0 Å². The zero-order valence-electron chi connectivity index (χ0n) is 19.6. The molecule has 2 aromatic carbocycles. The molecule has 0 spiro atoms. The maximum absolute atomic E-state index is 14.1. The Labute approximate surface area is 213 Å². The normalized spacial score (nSPS) is 11.0. The highest BCUT2D eigenvalue weighted by Gasteiger charge is 2.18. The number of hydrogen-bond donors (Lipinski definition) is 1. The van der Waals surface area contributed by atoms with Crippen LogP contribution in [0.3, 0.4) is 0 Å². The lowest BCUT2D eigenvalue weighted by Gasteiger charge is -2.17. The van der Waals surface area contributed by atoms with Crippen molar-refractivity contribution >= 4 is 34.1 Å². The second kappa shape index (κ2) is 9.33. The lowest BCUT2D eigenvalue weighted by Crippen LogP contribution is -2.41. The van der Waals surface area contributed by atoms with Crippen LogP contribution in [0, 0.1) is 24.1 Å². The maximum Gasteiger partial charge on any atom is 0.359 e. The van der Waals surface area contributed by atoms with Gasteiger partial charge in [-0.3, -0.25) is 14.2 Å². The Morgan fingerprint density at radius 1 is 1.16 bits per heavy atom. The molecule has 0 radical (unpaired) electrons. The molecule has 12 heteroatoms. The van der Waals surface area contributed by atoms with Gasteiger partial charge in [-0.05, 0) is 54.4 Å². The number of hydrogen-bond acceptors (Lipinski definition) is 7.